The summed E-state index contributed by atoms with van der Waals surface area (Å²) in [7, 11) is 0. The van der Waals surface area contributed by atoms with Crippen molar-refractivity contribution in [2.75, 3.05) is 11.4 Å². The van der Waals surface area contributed by atoms with E-state index in [9.17, 15) is 0 Å². The average molecular weight is 246 g/mol. The third kappa shape index (κ3) is 1.92. The Balaban J connectivity index is 1.91. The number of hydrogen-bond donors (Lipinski definition) is 1. The summed E-state index contributed by atoms with van der Waals surface area (Å²) in [6, 6.07) is 4.15. The van der Waals surface area contributed by atoms with E-state index in [1.165, 1.54) is 10.4 Å². The van der Waals surface area contributed by atoms with Crippen LogP contribution in [0.1, 0.15) is 16.0 Å². The predicted octanol–water partition coefficient (Wildman–Crippen LogP) is 1.56. The van der Waals surface area contributed by atoms with Gasteiger partial charge in [0.2, 0.25) is 0 Å². The highest BCUT2D eigenvalue weighted by molar-refractivity contribution is 7.10. The van der Waals surface area contributed by atoms with Crippen LogP contribution in [-0.2, 0) is 19.5 Å². The van der Waals surface area contributed by atoms with Gasteiger partial charge >= 0.3 is 0 Å². The third-order valence-corrected chi connectivity index (χ3v) is 4.13. The first kappa shape index (κ1) is 10.7. The summed E-state index contributed by atoms with van der Waals surface area (Å²) in [5, 5.41) is 10.4. The molecule has 0 unspecified atom stereocenters. The maximum Gasteiger partial charge on any atom is 0.156 e. The highest BCUT2D eigenvalue weighted by Crippen LogP contribution is 2.27. The van der Waals surface area contributed by atoms with Gasteiger partial charge in [0.25, 0.3) is 0 Å². The molecule has 4 nitrogen and oxygen atoms in total. The van der Waals surface area contributed by atoms with Crippen LogP contribution >= 0.6 is 11.3 Å². The predicted molar refractivity (Wildman–Crippen MR) is 69.0 cm³/mol. The fourth-order valence-electron chi connectivity index (χ4n) is 2.21. The number of anilines is 1. The molecule has 0 aliphatic carbocycles. The SMILES string of the molecule is NCc1ccnnc1N1CCc2sccc2C1. The minimum atomic E-state index is 0.512. The van der Waals surface area contributed by atoms with Gasteiger partial charge in [-0.1, -0.05) is 0 Å². The van der Waals surface area contributed by atoms with Gasteiger partial charge in [-0.2, -0.15) is 5.10 Å². The third-order valence-electron chi connectivity index (χ3n) is 3.11. The number of hydrogen-bond acceptors (Lipinski definition) is 5. The number of fused-ring (bicyclic) bond motifs is 1. The second kappa shape index (κ2) is 4.43. The van der Waals surface area contributed by atoms with Crippen LogP contribution in [0.4, 0.5) is 5.82 Å². The first-order valence-electron chi connectivity index (χ1n) is 5.69. The van der Waals surface area contributed by atoms with Crippen molar-refractivity contribution in [2.24, 2.45) is 5.73 Å². The van der Waals surface area contributed by atoms with Gasteiger partial charge in [0.15, 0.2) is 5.82 Å². The summed E-state index contributed by atoms with van der Waals surface area (Å²) < 4.78 is 0. The molecule has 0 fully saturated rings. The standard InChI is InChI=1S/C12H14N4S/c13-7-9-1-4-14-15-12(9)16-5-2-11-10(8-16)3-6-17-11/h1,3-4,6H,2,5,7-8,13H2. The molecule has 2 N–H and O–H groups in total. The van der Waals surface area contributed by atoms with Crippen molar-refractivity contribution < 1.29 is 0 Å². The topological polar surface area (TPSA) is 55.0 Å². The second-order valence-electron chi connectivity index (χ2n) is 4.12. The lowest BCUT2D eigenvalue weighted by molar-refractivity contribution is 0.715. The fraction of sp³-hybridized carbons (Fsp3) is 0.333. The molecule has 0 atom stereocenters. The van der Waals surface area contributed by atoms with Crippen LogP contribution in [0.5, 0.6) is 0 Å². The highest BCUT2D eigenvalue weighted by Gasteiger charge is 2.20. The van der Waals surface area contributed by atoms with Gasteiger partial charge in [-0.15, -0.1) is 16.4 Å². The zero-order chi connectivity index (χ0) is 11.7. The molecular formula is C12H14N4S. The fourth-order valence-corrected chi connectivity index (χ4v) is 3.09. The zero-order valence-corrected chi connectivity index (χ0v) is 10.3. The molecule has 0 saturated heterocycles. The molecule has 0 bridgehead atoms. The monoisotopic (exact) mass is 246 g/mol. The molecule has 2 aromatic rings. The molecule has 17 heavy (non-hydrogen) atoms. The zero-order valence-electron chi connectivity index (χ0n) is 9.47. The van der Waals surface area contributed by atoms with Crippen LogP contribution in [0.15, 0.2) is 23.7 Å². The van der Waals surface area contributed by atoms with E-state index < -0.39 is 0 Å². The van der Waals surface area contributed by atoms with Crippen LogP contribution in [-0.4, -0.2) is 16.7 Å². The van der Waals surface area contributed by atoms with E-state index >= 15 is 0 Å². The molecule has 0 saturated carbocycles. The number of nitrogens with zero attached hydrogens (tertiary/aromatic N) is 3. The van der Waals surface area contributed by atoms with Gasteiger partial charge < -0.3 is 10.6 Å². The van der Waals surface area contributed by atoms with Crippen LogP contribution < -0.4 is 10.6 Å². The Morgan fingerprint density at radius 1 is 1.41 bits per heavy atom. The average Bonchev–Trinajstić information content (AvgIpc) is 2.85. The molecule has 0 radical (unpaired) electrons. The summed E-state index contributed by atoms with van der Waals surface area (Å²) in [5.41, 5.74) is 8.22. The second-order valence-corrected chi connectivity index (χ2v) is 5.13. The lowest BCUT2D eigenvalue weighted by Crippen LogP contribution is -2.31. The molecule has 3 heterocycles. The molecule has 0 aromatic carbocycles. The molecule has 5 heteroatoms. The van der Waals surface area contributed by atoms with Crippen LogP contribution in [0.25, 0.3) is 0 Å². The lowest BCUT2D eigenvalue weighted by atomic mass is 10.1. The first-order valence-corrected chi connectivity index (χ1v) is 6.57. The van der Waals surface area contributed by atoms with Gasteiger partial charge in [0.1, 0.15) is 0 Å². The molecule has 1 aliphatic heterocycles. The van der Waals surface area contributed by atoms with E-state index in [1.54, 1.807) is 6.20 Å². The summed E-state index contributed by atoms with van der Waals surface area (Å²) in [5.74, 6) is 0.937. The van der Waals surface area contributed by atoms with Gasteiger partial charge in [0, 0.05) is 30.1 Å². The normalized spacial score (nSPS) is 14.8. The number of thiophene rings is 1. The van der Waals surface area contributed by atoms with Crippen molar-refractivity contribution in [1.29, 1.82) is 0 Å². The molecule has 0 spiro atoms. The maximum atomic E-state index is 5.74. The van der Waals surface area contributed by atoms with Crippen molar-refractivity contribution in [3.63, 3.8) is 0 Å². The van der Waals surface area contributed by atoms with Crippen molar-refractivity contribution in [3.05, 3.63) is 39.7 Å². The Labute approximate surface area is 104 Å². The number of rotatable bonds is 2. The van der Waals surface area contributed by atoms with Gasteiger partial charge in [-0.05, 0) is 29.5 Å². The van der Waals surface area contributed by atoms with Crippen molar-refractivity contribution in [2.45, 2.75) is 19.5 Å². The number of nitrogens with two attached hydrogens (primary N) is 1. The number of aromatic nitrogens is 2. The van der Waals surface area contributed by atoms with Crippen LogP contribution in [0.3, 0.4) is 0 Å². The Bertz CT molecular complexity index is 523. The largest absolute Gasteiger partial charge is 0.350 e. The molecule has 3 rings (SSSR count). The Hall–Kier alpha value is -1.46. The molecule has 88 valence electrons. The lowest BCUT2D eigenvalue weighted by Gasteiger charge is -2.28. The molecule has 1 aliphatic rings. The van der Waals surface area contributed by atoms with Crippen molar-refractivity contribution in [3.8, 4) is 0 Å². The Kier molecular flexibility index (Phi) is 2.78. The molecule has 2 aromatic heterocycles. The maximum absolute atomic E-state index is 5.74. The van der Waals surface area contributed by atoms with Crippen LogP contribution in [0.2, 0.25) is 0 Å². The minimum absolute atomic E-state index is 0.512. The smallest absolute Gasteiger partial charge is 0.156 e. The summed E-state index contributed by atoms with van der Waals surface area (Å²) in [6.45, 7) is 2.43. The molecular weight excluding hydrogens is 232 g/mol. The van der Waals surface area contributed by atoms with E-state index in [1.807, 2.05) is 17.4 Å². The summed E-state index contributed by atoms with van der Waals surface area (Å²) in [4.78, 5) is 3.77. The summed E-state index contributed by atoms with van der Waals surface area (Å²) >= 11 is 1.85. The van der Waals surface area contributed by atoms with E-state index in [-0.39, 0.29) is 0 Å². The quantitative estimate of drug-likeness (QED) is 0.873. The van der Waals surface area contributed by atoms with Crippen molar-refractivity contribution >= 4 is 17.2 Å². The van der Waals surface area contributed by atoms with E-state index in [4.69, 9.17) is 5.73 Å². The summed E-state index contributed by atoms with van der Waals surface area (Å²) in [6.07, 6.45) is 2.79. The Morgan fingerprint density at radius 3 is 3.24 bits per heavy atom. The van der Waals surface area contributed by atoms with E-state index in [2.05, 4.69) is 26.5 Å². The first-order chi connectivity index (χ1) is 8.38. The van der Waals surface area contributed by atoms with E-state index in [0.717, 1.165) is 30.9 Å². The molecule has 0 amide bonds. The van der Waals surface area contributed by atoms with Crippen molar-refractivity contribution in [1.82, 2.24) is 10.2 Å². The highest BCUT2D eigenvalue weighted by atomic mass is 32.1. The minimum Gasteiger partial charge on any atom is -0.350 e. The van der Waals surface area contributed by atoms with Gasteiger partial charge in [-0.3, -0.25) is 0 Å². The van der Waals surface area contributed by atoms with E-state index in [0.29, 0.717) is 6.54 Å². The van der Waals surface area contributed by atoms with Gasteiger partial charge in [0.05, 0.1) is 6.20 Å². The Morgan fingerprint density at radius 2 is 2.35 bits per heavy atom. The van der Waals surface area contributed by atoms with Gasteiger partial charge in [-0.25, -0.2) is 0 Å². The van der Waals surface area contributed by atoms with Crippen LogP contribution in [0, 0.1) is 0 Å².